The monoisotopic (exact) mass is 378 g/mol. The van der Waals surface area contributed by atoms with Gasteiger partial charge in [0.2, 0.25) is 0 Å². The standard InChI is InChI=1S/C18H19FN2O4S/c1-11-8-14(13-3-2-12(19)9-15(13)20-11)18(22)21-5-7-26(23,24)17-10-25-6-4-16(17)21/h2-3,8-9,16-17H,4-7,10H2,1H3. The highest BCUT2D eigenvalue weighted by Gasteiger charge is 2.45. The van der Waals surface area contributed by atoms with Gasteiger partial charge < -0.3 is 9.64 Å². The summed E-state index contributed by atoms with van der Waals surface area (Å²) in [7, 11) is -3.27. The second-order valence-corrected chi connectivity index (χ2v) is 9.15. The largest absolute Gasteiger partial charge is 0.380 e. The Morgan fingerprint density at radius 1 is 1.35 bits per heavy atom. The Labute approximate surface area is 150 Å². The summed E-state index contributed by atoms with van der Waals surface area (Å²) in [6.45, 7) is 2.46. The summed E-state index contributed by atoms with van der Waals surface area (Å²) in [5, 5.41) is -0.111. The number of ether oxygens (including phenoxy) is 1. The van der Waals surface area contributed by atoms with Crippen LogP contribution in [0.2, 0.25) is 0 Å². The number of pyridine rings is 1. The summed E-state index contributed by atoms with van der Waals surface area (Å²) < 4.78 is 43.6. The molecule has 2 aliphatic rings. The first kappa shape index (κ1) is 17.4. The highest BCUT2D eigenvalue weighted by Crippen LogP contribution is 2.29. The Bertz CT molecular complexity index is 987. The second-order valence-electron chi connectivity index (χ2n) is 6.81. The molecule has 2 atom stereocenters. The second kappa shape index (κ2) is 6.28. The number of hydrogen-bond acceptors (Lipinski definition) is 5. The van der Waals surface area contributed by atoms with E-state index in [4.69, 9.17) is 4.74 Å². The first-order valence-corrected chi connectivity index (χ1v) is 10.3. The number of sulfone groups is 1. The normalized spacial score (nSPS) is 25.1. The van der Waals surface area contributed by atoms with Gasteiger partial charge in [-0.05, 0) is 31.5 Å². The third kappa shape index (κ3) is 2.87. The molecule has 2 aliphatic heterocycles. The average Bonchev–Trinajstić information content (AvgIpc) is 2.60. The van der Waals surface area contributed by atoms with Gasteiger partial charge in [0, 0.05) is 30.3 Å². The fraction of sp³-hybridized carbons (Fsp3) is 0.444. The van der Waals surface area contributed by atoms with Crippen LogP contribution in [0.25, 0.3) is 10.9 Å². The Morgan fingerprint density at radius 3 is 2.96 bits per heavy atom. The lowest BCUT2D eigenvalue weighted by molar-refractivity contribution is 0.0295. The van der Waals surface area contributed by atoms with Crippen LogP contribution >= 0.6 is 0 Å². The van der Waals surface area contributed by atoms with Crippen molar-refractivity contribution in [3.05, 3.63) is 41.3 Å². The number of carbonyl (C=O) groups excluding carboxylic acids is 1. The van der Waals surface area contributed by atoms with Crippen molar-refractivity contribution in [2.75, 3.05) is 25.5 Å². The molecule has 1 aromatic carbocycles. The zero-order valence-corrected chi connectivity index (χ0v) is 15.1. The number of amides is 1. The van der Waals surface area contributed by atoms with E-state index in [9.17, 15) is 17.6 Å². The maximum absolute atomic E-state index is 13.5. The predicted octanol–water partition coefficient (Wildman–Crippen LogP) is 1.71. The quantitative estimate of drug-likeness (QED) is 0.755. The minimum absolute atomic E-state index is 0.0696. The van der Waals surface area contributed by atoms with Crippen molar-refractivity contribution in [3.63, 3.8) is 0 Å². The van der Waals surface area contributed by atoms with E-state index in [0.29, 0.717) is 35.2 Å². The number of nitrogens with zero attached hydrogens (tertiary/aromatic N) is 2. The van der Waals surface area contributed by atoms with Gasteiger partial charge in [0.1, 0.15) is 11.1 Å². The Hall–Kier alpha value is -2.06. The summed E-state index contributed by atoms with van der Waals surface area (Å²) in [6.07, 6.45) is 0.492. The van der Waals surface area contributed by atoms with Crippen LogP contribution in [0.4, 0.5) is 4.39 Å². The number of benzene rings is 1. The zero-order valence-electron chi connectivity index (χ0n) is 14.3. The summed E-state index contributed by atoms with van der Waals surface area (Å²) in [5.74, 6) is -0.721. The van der Waals surface area contributed by atoms with Gasteiger partial charge in [0.25, 0.3) is 5.91 Å². The van der Waals surface area contributed by atoms with Crippen LogP contribution in [-0.4, -0.2) is 61.0 Å². The van der Waals surface area contributed by atoms with Crippen molar-refractivity contribution in [3.8, 4) is 0 Å². The van der Waals surface area contributed by atoms with Crippen LogP contribution in [0.3, 0.4) is 0 Å². The Kier molecular flexibility index (Phi) is 4.19. The predicted molar refractivity (Wildman–Crippen MR) is 94.3 cm³/mol. The smallest absolute Gasteiger partial charge is 0.254 e. The SMILES string of the molecule is Cc1cc(C(=O)N2CCS(=O)(=O)C3COCCC32)c2ccc(F)cc2n1. The molecular weight excluding hydrogens is 359 g/mol. The zero-order chi connectivity index (χ0) is 18.5. The molecule has 0 saturated carbocycles. The minimum Gasteiger partial charge on any atom is -0.380 e. The number of aryl methyl sites for hydroxylation is 1. The van der Waals surface area contributed by atoms with Gasteiger partial charge in [0.15, 0.2) is 9.84 Å². The molecule has 0 spiro atoms. The fourth-order valence-corrected chi connectivity index (χ4v) is 5.68. The third-order valence-electron chi connectivity index (χ3n) is 5.14. The van der Waals surface area contributed by atoms with E-state index in [1.54, 1.807) is 24.0 Å². The van der Waals surface area contributed by atoms with Gasteiger partial charge >= 0.3 is 0 Å². The molecular formula is C18H19FN2O4S. The number of aromatic nitrogens is 1. The van der Waals surface area contributed by atoms with Gasteiger partial charge in [-0.3, -0.25) is 9.78 Å². The summed E-state index contributed by atoms with van der Waals surface area (Å²) in [6, 6.07) is 5.44. The molecule has 2 unspecified atom stereocenters. The minimum atomic E-state index is -3.27. The molecule has 6 nitrogen and oxygen atoms in total. The third-order valence-corrected chi connectivity index (χ3v) is 7.26. The van der Waals surface area contributed by atoms with Crippen LogP contribution in [0.1, 0.15) is 22.5 Å². The van der Waals surface area contributed by atoms with E-state index in [0.717, 1.165) is 0 Å². The van der Waals surface area contributed by atoms with E-state index in [1.807, 2.05) is 0 Å². The van der Waals surface area contributed by atoms with Crippen LogP contribution in [0.5, 0.6) is 0 Å². The number of halogens is 1. The van der Waals surface area contributed by atoms with Gasteiger partial charge in [-0.25, -0.2) is 12.8 Å². The lowest BCUT2D eigenvalue weighted by atomic mass is 10.0. The van der Waals surface area contributed by atoms with Crippen LogP contribution in [0, 0.1) is 12.7 Å². The molecule has 1 aromatic heterocycles. The van der Waals surface area contributed by atoms with Gasteiger partial charge in [-0.2, -0.15) is 0 Å². The molecule has 4 rings (SSSR count). The summed E-state index contributed by atoms with van der Waals surface area (Å²) in [4.78, 5) is 19.2. The maximum Gasteiger partial charge on any atom is 0.254 e. The van der Waals surface area contributed by atoms with Crippen molar-refractivity contribution in [1.29, 1.82) is 0 Å². The number of carbonyl (C=O) groups is 1. The Morgan fingerprint density at radius 2 is 2.15 bits per heavy atom. The molecule has 1 amide bonds. The van der Waals surface area contributed by atoms with Gasteiger partial charge in [-0.15, -0.1) is 0 Å². The molecule has 26 heavy (non-hydrogen) atoms. The molecule has 0 bridgehead atoms. The van der Waals surface area contributed by atoms with E-state index < -0.39 is 20.9 Å². The lowest BCUT2D eigenvalue weighted by Crippen LogP contribution is -2.60. The maximum atomic E-state index is 13.5. The first-order chi connectivity index (χ1) is 12.4. The van der Waals surface area contributed by atoms with Crippen LogP contribution in [0.15, 0.2) is 24.3 Å². The molecule has 2 saturated heterocycles. The molecule has 8 heteroatoms. The fourth-order valence-electron chi connectivity index (χ4n) is 3.86. The van der Waals surface area contributed by atoms with E-state index in [2.05, 4.69) is 4.98 Å². The van der Waals surface area contributed by atoms with Gasteiger partial charge in [-0.1, -0.05) is 0 Å². The van der Waals surface area contributed by atoms with Crippen molar-refractivity contribution < 1.29 is 22.3 Å². The molecule has 2 fully saturated rings. The van der Waals surface area contributed by atoms with E-state index in [-0.39, 0.29) is 30.9 Å². The first-order valence-electron chi connectivity index (χ1n) is 8.54. The average molecular weight is 378 g/mol. The molecule has 0 aliphatic carbocycles. The molecule has 138 valence electrons. The Balaban J connectivity index is 1.77. The van der Waals surface area contributed by atoms with Crippen LogP contribution < -0.4 is 0 Å². The van der Waals surface area contributed by atoms with Crippen molar-refractivity contribution >= 4 is 26.6 Å². The number of rotatable bonds is 1. The lowest BCUT2D eigenvalue weighted by Gasteiger charge is -2.43. The number of hydrogen-bond donors (Lipinski definition) is 0. The van der Waals surface area contributed by atoms with Crippen molar-refractivity contribution in [1.82, 2.24) is 9.88 Å². The molecule has 3 heterocycles. The highest BCUT2D eigenvalue weighted by atomic mass is 32.2. The topological polar surface area (TPSA) is 76.6 Å². The molecule has 2 aromatic rings. The number of fused-ring (bicyclic) bond motifs is 2. The molecule has 0 N–H and O–H groups in total. The van der Waals surface area contributed by atoms with E-state index >= 15 is 0 Å². The van der Waals surface area contributed by atoms with Crippen molar-refractivity contribution in [2.24, 2.45) is 0 Å². The van der Waals surface area contributed by atoms with Gasteiger partial charge in [0.05, 0.1) is 29.5 Å². The highest BCUT2D eigenvalue weighted by molar-refractivity contribution is 7.92. The van der Waals surface area contributed by atoms with E-state index in [1.165, 1.54) is 12.1 Å². The molecule has 0 radical (unpaired) electrons. The summed E-state index contributed by atoms with van der Waals surface area (Å²) >= 11 is 0. The van der Waals surface area contributed by atoms with Crippen LogP contribution in [-0.2, 0) is 14.6 Å². The van der Waals surface area contributed by atoms with Crippen molar-refractivity contribution in [2.45, 2.75) is 24.6 Å². The summed E-state index contributed by atoms with van der Waals surface area (Å²) in [5.41, 5.74) is 1.46.